The predicted molar refractivity (Wildman–Crippen MR) is 98.4 cm³/mol. The van der Waals surface area contributed by atoms with Crippen LogP contribution >= 0.6 is 11.6 Å². The molecule has 0 N–H and O–H groups in total. The van der Waals surface area contributed by atoms with Gasteiger partial charge in [0.1, 0.15) is 0 Å². The molecule has 1 amide bonds. The van der Waals surface area contributed by atoms with Gasteiger partial charge < -0.3 is 4.90 Å². The van der Waals surface area contributed by atoms with Crippen LogP contribution in [0.4, 0.5) is 0 Å². The maximum Gasteiger partial charge on any atom is 0.255 e. The number of aromatic nitrogens is 1. The summed E-state index contributed by atoms with van der Waals surface area (Å²) in [5.41, 5.74) is 3.27. The highest BCUT2D eigenvalue weighted by Gasteiger charge is 2.21. The summed E-state index contributed by atoms with van der Waals surface area (Å²) in [6.45, 7) is 3.89. The van der Waals surface area contributed by atoms with E-state index >= 15 is 0 Å². The zero-order valence-electron chi connectivity index (χ0n) is 14.0. The molecule has 0 saturated carbocycles. The SMILES string of the molecule is Cc1nc2ccc(Cl)cc2cc1C(=O)N(C)C(C)c1ccccc1. The molecule has 122 valence electrons. The van der Waals surface area contributed by atoms with Crippen LogP contribution in [-0.2, 0) is 0 Å². The molecule has 1 aromatic heterocycles. The lowest BCUT2D eigenvalue weighted by Gasteiger charge is -2.26. The van der Waals surface area contributed by atoms with E-state index in [1.165, 1.54) is 0 Å². The normalized spacial score (nSPS) is 12.2. The third kappa shape index (κ3) is 3.13. The Morgan fingerprint density at radius 1 is 1.12 bits per heavy atom. The van der Waals surface area contributed by atoms with Gasteiger partial charge in [-0.05, 0) is 43.7 Å². The fourth-order valence-corrected chi connectivity index (χ4v) is 2.96. The van der Waals surface area contributed by atoms with Gasteiger partial charge in [0, 0.05) is 17.5 Å². The van der Waals surface area contributed by atoms with Crippen molar-refractivity contribution in [3.05, 3.63) is 76.4 Å². The fraction of sp³-hybridized carbons (Fsp3) is 0.200. The first kappa shape index (κ1) is 16.5. The predicted octanol–water partition coefficient (Wildman–Crippen LogP) is 5.03. The van der Waals surface area contributed by atoms with Crippen molar-refractivity contribution in [1.29, 1.82) is 0 Å². The van der Waals surface area contributed by atoms with Crippen molar-refractivity contribution >= 4 is 28.4 Å². The van der Waals surface area contributed by atoms with Crippen LogP contribution < -0.4 is 0 Å². The van der Waals surface area contributed by atoms with Crippen molar-refractivity contribution in [3.63, 3.8) is 0 Å². The van der Waals surface area contributed by atoms with Crippen LogP contribution in [0.3, 0.4) is 0 Å². The average molecular weight is 339 g/mol. The second-order valence-corrected chi connectivity index (χ2v) is 6.40. The van der Waals surface area contributed by atoms with E-state index in [1.807, 2.05) is 69.4 Å². The zero-order chi connectivity index (χ0) is 17.3. The molecule has 0 aliphatic rings. The Morgan fingerprint density at radius 2 is 1.83 bits per heavy atom. The number of fused-ring (bicyclic) bond motifs is 1. The van der Waals surface area contributed by atoms with Gasteiger partial charge in [0.15, 0.2) is 0 Å². The molecule has 0 aliphatic heterocycles. The summed E-state index contributed by atoms with van der Waals surface area (Å²) >= 11 is 6.06. The Balaban J connectivity index is 1.97. The van der Waals surface area contributed by atoms with Gasteiger partial charge in [0.05, 0.1) is 22.8 Å². The van der Waals surface area contributed by atoms with Crippen molar-refractivity contribution in [2.75, 3.05) is 7.05 Å². The minimum Gasteiger partial charge on any atom is -0.335 e. The lowest BCUT2D eigenvalue weighted by atomic mass is 10.0. The van der Waals surface area contributed by atoms with Crippen LogP contribution in [0.1, 0.15) is 34.6 Å². The highest BCUT2D eigenvalue weighted by Crippen LogP contribution is 2.24. The number of aryl methyl sites for hydroxylation is 1. The topological polar surface area (TPSA) is 33.2 Å². The molecule has 3 aromatic rings. The Morgan fingerprint density at radius 3 is 2.54 bits per heavy atom. The van der Waals surface area contributed by atoms with Gasteiger partial charge >= 0.3 is 0 Å². The van der Waals surface area contributed by atoms with E-state index in [0.29, 0.717) is 10.6 Å². The number of carbonyl (C=O) groups is 1. The second kappa shape index (κ2) is 6.62. The molecule has 0 bridgehead atoms. The number of carbonyl (C=O) groups excluding carboxylic acids is 1. The van der Waals surface area contributed by atoms with Gasteiger partial charge in [-0.2, -0.15) is 0 Å². The van der Waals surface area contributed by atoms with Gasteiger partial charge in [-0.25, -0.2) is 0 Å². The summed E-state index contributed by atoms with van der Waals surface area (Å²) in [4.78, 5) is 19.3. The van der Waals surface area contributed by atoms with Gasteiger partial charge in [-0.15, -0.1) is 0 Å². The highest BCUT2D eigenvalue weighted by atomic mass is 35.5. The van der Waals surface area contributed by atoms with Crippen molar-refractivity contribution < 1.29 is 4.79 Å². The van der Waals surface area contributed by atoms with E-state index in [-0.39, 0.29) is 11.9 Å². The lowest BCUT2D eigenvalue weighted by molar-refractivity contribution is 0.0741. The molecule has 1 atom stereocenters. The molecule has 24 heavy (non-hydrogen) atoms. The Bertz CT molecular complexity index is 893. The monoisotopic (exact) mass is 338 g/mol. The first-order valence-corrected chi connectivity index (χ1v) is 8.24. The van der Waals surface area contributed by atoms with Crippen LogP contribution in [0, 0.1) is 6.92 Å². The van der Waals surface area contributed by atoms with E-state index in [2.05, 4.69) is 4.98 Å². The third-order valence-electron chi connectivity index (χ3n) is 4.38. The number of hydrogen-bond donors (Lipinski definition) is 0. The van der Waals surface area contributed by atoms with E-state index in [9.17, 15) is 4.79 Å². The van der Waals surface area contributed by atoms with Crippen molar-refractivity contribution in [3.8, 4) is 0 Å². The average Bonchev–Trinajstić information content (AvgIpc) is 2.60. The molecule has 3 nitrogen and oxygen atoms in total. The van der Waals surface area contributed by atoms with E-state index in [1.54, 1.807) is 11.0 Å². The number of rotatable bonds is 3. The molecule has 0 saturated heterocycles. The number of pyridine rings is 1. The van der Waals surface area contributed by atoms with E-state index in [4.69, 9.17) is 11.6 Å². The molecule has 0 aliphatic carbocycles. The molecule has 0 radical (unpaired) electrons. The van der Waals surface area contributed by atoms with Crippen molar-refractivity contribution in [1.82, 2.24) is 9.88 Å². The molecule has 0 fully saturated rings. The smallest absolute Gasteiger partial charge is 0.255 e. The molecule has 1 unspecified atom stereocenters. The quantitative estimate of drug-likeness (QED) is 0.671. The summed E-state index contributed by atoms with van der Waals surface area (Å²) in [5.74, 6) is -0.0433. The summed E-state index contributed by atoms with van der Waals surface area (Å²) in [7, 11) is 1.82. The second-order valence-electron chi connectivity index (χ2n) is 5.96. The van der Waals surface area contributed by atoms with Crippen LogP contribution in [0.5, 0.6) is 0 Å². The molecule has 1 heterocycles. The summed E-state index contributed by atoms with van der Waals surface area (Å²) in [5, 5.41) is 1.51. The molecular formula is C20H19ClN2O. The number of benzene rings is 2. The highest BCUT2D eigenvalue weighted by molar-refractivity contribution is 6.31. The molecular weight excluding hydrogens is 320 g/mol. The first-order valence-electron chi connectivity index (χ1n) is 7.86. The molecule has 3 rings (SSSR count). The number of hydrogen-bond acceptors (Lipinski definition) is 2. The minimum absolute atomic E-state index is 0.0202. The largest absolute Gasteiger partial charge is 0.335 e. The van der Waals surface area contributed by atoms with Gasteiger partial charge in [0.2, 0.25) is 0 Å². The van der Waals surface area contributed by atoms with Gasteiger partial charge in [-0.1, -0.05) is 41.9 Å². The number of halogens is 1. The first-order chi connectivity index (χ1) is 11.5. The minimum atomic E-state index is -0.0433. The van der Waals surface area contributed by atoms with E-state index in [0.717, 1.165) is 22.2 Å². The molecule has 4 heteroatoms. The Hall–Kier alpha value is -2.39. The lowest BCUT2D eigenvalue weighted by Crippen LogP contribution is -2.30. The van der Waals surface area contributed by atoms with Crippen LogP contribution in [0.25, 0.3) is 10.9 Å². The summed E-state index contributed by atoms with van der Waals surface area (Å²) in [6.07, 6.45) is 0. The Labute approximate surface area is 146 Å². The number of amides is 1. The molecule has 2 aromatic carbocycles. The van der Waals surface area contributed by atoms with Crippen LogP contribution in [0.15, 0.2) is 54.6 Å². The summed E-state index contributed by atoms with van der Waals surface area (Å²) in [6, 6.07) is 17.4. The van der Waals surface area contributed by atoms with Gasteiger partial charge in [-0.3, -0.25) is 9.78 Å². The van der Waals surface area contributed by atoms with Crippen molar-refractivity contribution in [2.45, 2.75) is 19.9 Å². The van der Waals surface area contributed by atoms with E-state index < -0.39 is 0 Å². The third-order valence-corrected chi connectivity index (χ3v) is 4.62. The molecule has 0 spiro atoms. The zero-order valence-corrected chi connectivity index (χ0v) is 14.7. The number of nitrogens with zero attached hydrogens (tertiary/aromatic N) is 2. The van der Waals surface area contributed by atoms with Crippen LogP contribution in [0.2, 0.25) is 5.02 Å². The standard InChI is InChI=1S/C20H19ClN2O/c1-13-18(12-16-11-17(21)9-10-19(16)22-13)20(24)23(3)14(2)15-7-5-4-6-8-15/h4-12,14H,1-3H3. The maximum atomic E-state index is 13.0. The Kier molecular flexibility index (Phi) is 4.54. The van der Waals surface area contributed by atoms with Crippen LogP contribution in [-0.4, -0.2) is 22.8 Å². The summed E-state index contributed by atoms with van der Waals surface area (Å²) < 4.78 is 0. The van der Waals surface area contributed by atoms with Crippen molar-refractivity contribution in [2.24, 2.45) is 0 Å². The fourth-order valence-electron chi connectivity index (χ4n) is 2.78. The maximum absolute atomic E-state index is 13.0. The van der Waals surface area contributed by atoms with Gasteiger partial charge in [0.25, 0.3) is 5.91 Å².